The number of methoxy groups -OCH3 is 1. The van der Waals surface area contributed by atoms with Crippen LogP contribution in [0.25, 0.3) is 0 Å². The van der Waals surface area contributed by atoms with Gasteiger partial charge in [-0.2, -0.15) is 0 Å². The zero-order valence-electron chi connectivity index (χ0n) is 9.37. The molecular formula is C12H15FO3. The van der Waals surface area contributed by atoms with Crippen LogP contribution in [0.1, 0.15) is 18.9 Å². The molecule has 1 aromatic rings. The molecule has 0 radical (unpaired) electrons. The molecular weight excluding hydrogens is 211 g/mol. The number of ether oxygens (including phenoxy) is 1. The number of benzene rings is 1. The Morgan fingerprint density at radius 1 is 1.50 bits per heavy atom. The van der Waals surface area contributed by atoms with Crippen LogP contribution in [-0.2, 0) is 14.9 Å². The van der Waals surface area contributed by atoms with Crippen molar-refractivity contribution in [3.05, 3.63) is 35.6 Å². The van der Waals surface area contributed by atoms with Gasteiger partial charge in [0.15, 0.2) is 0 Å². The summed E-state index contributed by atoms with van der Waals surface area (Å²) >= 11 is 0. The van der Waals surface area contributed by atoms with Crippen molar-refractivity contribution in [2.75, 3.05) is 13.7 Å². The van der Waals surface area contributed by atoms with Gasteiger partial charge >= 0.3 is 5.97 Å². The van der Waals surface area contributed by atoms with Crippen LogP contribution in [-0.4, -0.2) is 24.8 Å². The van der Waals surface area contributed by atoms with Gasteiger partial charge in [-0.15, -0.1) is 0 Å². The van der Waals surface area contributed by atoms with E-state index >= 15 is 0 Å². The summed E-state index contributed by atoms with van der Waals surface area (Å²) in [7, 11) is 1.27. The highest BCUT2D eigenvalue weighted by Gasteiger charge is 2.31. The van der Waals surface area contributed by atoms with Gasteiger partial charge in [0.2, 0.25) is 0 Å². The first-order valence-corrected chi connectivity index (χ1v) is 4.96. The van der Waals surface area contributed by atoms with Crippen molar-refractivity contribution >= 4 is 5.97 Å². The highest BCUT2D eigenvalue weighted by Crippen LogP contribution is 2.29. The van der Waals surface area contributed by atoms with Crippen LogP contribution in [0, 0.1) is 5.82 Å². The van der Waals surface area contributed by atoms with Crippen molar-refractivity contribution in [2.45, 2.75) is 18.8 Å². The smallest absolute Gasteiger partial charge is 0.306 e. The Bertz CT molecular complexity index is 378. The second kappa shape index (κ2) is 5.07. The molecule has 0 saturated carbocycles. The molecule has 0 aliphatic heterocycles. The lowest BCUT2D eigenvalue weighted by Gasteiger charge is -2.26. The van der Waals surface area contributed by atoms with Crippen LogP contribution < -0.4 is 0 Å². The monoisotopic (exact) mass is 226 g/mol. The summed E-state index contributed by atoms with van der Waals surface area (Å²) in [6, 6.07) is 6.10. The number of esters is 1. The van der Waals surface area contributed by atoms with E-state index in [1.807, 2.05) is 0 Å². The van der Waals surface area contributed by atoms with Gasteiger partial charge in [-0.3, -0.25) is 4.79 Å². The average Bonchev–Trinajstić information content (AvgIpc) is 2.29. The molecule has 1 unspecified atom stereocenters. The third kappa shape index (κ3) is 2.58. The van der Waals surface area contributed by atoms with Crippen molar-refractivity contribution < 1.29 is 19.0 Å². The molecule has 0 saturated heterocycles. The number of halogens is 1. The maximum atomic E-state index is 13.6. The van der Waals surface area contributed by atoms with Gasteiger partial charge in [0.25, 0.3) is 0 Å². The largest absolute Gasteiger partial charge is 0.469 e. The summed E-state index contributed by atoms with van der Waals surface area (Å²) in [5, 5.41) is 9.33. The number of aliphatic hydroxyl groups excluding tert-OH is 1. The van der Waals surface area contributed by atoms with Crippen molar-refractivity contribution in [2.24, 2.45) is 0 Å². The van der Waals surface area contributed by atoms with Crippen molar-refractivity contribution in [3.8, 4) is 0 Å². The molecule has 0 heterocycles. The number of hydrogen-bond donors (Lipinski definition) is 1. The summed E-state index contributed by atoms with van der Waals surface area (Å²) in [5.41, 5.74) is -0.624. The van der Waals surface area contributed by atoms with E-state index in [2.05, 4.69) is 4.74 Å². The minimum Gasteiger partial charge on any atom is -0.469 e. The Kier molecular flexibility index (Phi) is 4.01. The number of carbonyl (C=O) groups is 1. The molecule has 0 spiro atoms. The van der Waals surface area contributed by atoms with Crippen molar-refractivity contribution in [3.63, 3.8) is 0 Å². The lowest BCUT2D eigenvalue weighted by atomic mass is 9.80. The zero-order chi connectivity index (χ0) is 12.2. The summed E-state index contributed by atoms with van der Waals surface area (Å²) in [4.78, 5) is 11.2. The second-order valence-corrected chi connectivity index (χ2v) is 3.95. The highest BCUT2D eigenvalue weighted by atomic mass is 19.1. The summed E-state index contributed by atoms with van der Waals surface area (Å²) in [6.07, 6.45) is -0.0546. The van der Waals surface area contributed by atoms with E-state index in [0.717, 1.165) is 0 Å². The topological polar surface area (TPSA) is 46.5 Å². The van der Waals surface area contributed by atoms with Gasteiger partial charge in [0, 0.05) is 5.41 Å². The van der Waals surface area contributed by atoms with Crippen LogP contribution in [0.5, 0.6) is 0 Å². The molecule has 3 nitrogen and oxygen atoms in total. The van der Waals surface area contributed by atoms with E-state index in [0.29, 0.717) is 5.56 Å². The molecule has 0 fully saturated rings. The first-order valence-electron chi connectivity index (χ1n) is 4.96. The molecule has 1 rings (SSSR count). The Labute approximate surface area is 93.9 Å². The van der Waals surface area contributed by atoms with Crippen molar-refractivity contribution in [1.82, 2.24) is 0 Å². The molecule has 0 aliphatic carbocycles. The average molecular weight is 226 g/mol. The standard InChI is InChI=1S/C12H15FO3/c1-12(8-14,7-11(15)16-2)9-5-3-4-6-10(9)13/h3-6,14H,7-8H2,1-2H3. The van der Waals surface area contributed by atoms with Gasteiger partial charge < -0.3 is 9.84 Å². The minimum atomic E-state index is -0.946. The van der Waals surface area contributed by atoms with E-state index in [-0.39, 0.29) is 13.0 Å². The summed E-state index contributed by atoms with van der Waals surface area (Å²) < 4.78 is 18.1. The number of aliphatic hydroxyl groups is 1. The Morgan fingerprint density at radius 3 is 2.62 bits per heavy atom. The molecule has 0 bridgehead atoms. The van der Waals surface area contributed by atoms with E-state index in [9.17, 15) is 14.3 Å². The van der Waals surface area contributed by atoms with Crippen LogP contribution in [0.3, 0.4) is 0 Å². The van der Waals surface area contributed by atoms with E-state index in [1.165, 1.54) is 13.2 Å². The second-order valence-electron chi connectivity index (χ2n) is 3.95. The summed E-state index contributed by atoms with van der Waals surface area (Å²) in [5.74, 6) is -0.900. The minimum absolute atomic E-state index is 0.0546. The molecule has 1 N–H and O–H groups in total. The highest BCUT2D eigenvalue weighted by molar-refractivity contribution is 5.71. The van der Waals surface area contributed by atoms with E-state index < -0.39 is 17.2 Å². The number of carbonyl (C=O) groups excluding carboxylic acids is 1. The van der Waals surface area contributed by atoms with E-state index in [1.54, 1.807) is 25.1 Å². The first kappa shape index (κ1) is 12.6. The molecule has 1 aromatic carbocycles. The van der Waals surface area contributed by atoms with Gasteiger partial charge in [-0.05, 0) is 11.6 Å². The zero-order valence-corrected chi connectivity index (χ0v) is 9.37. The molecule has 0 aliphatic rings. The quantitative estimate of drug-likeness (QED) is 0.794. The lowest BCUT2D eigenvalue weighted by molar-refractivity contribution is -0.142. The molecule has 88 valence electrons. The van der Waals surface area contributed by atoms with Crippen LogP contribution >= 0.6 is 0 Å². The SMILES string of the molecule is COC(=O)CC(C)(CO)c1ccccc1F. The predicted octanol–water partition coefficient (Wildman–Crippen LogP) is 1.64. The normalized spacial score (nSPS) is 14.2. The Morgan fingerprint density at radius 2 is 2.12 bits per heavy atom. The summed E-state index contributed by atoms with van der Waals surface area (Å²) in [6.45, 7) is 1.31. The maximum absolute atomic E-state index is 13.6. The van der Waals surface area contributed by atoms with Gasteiger partial charge in [-0.1, -0.05) is 25.1 Å². The fourth-order valence-corrected chi connectivity index (χ4v) is 1.58. The third-order valence-electron chi connectivity index (χ3n) is 2.64. The first-order chi connectivity index (χ1) is 7.53. The van der Waals surface area contributed by atoms with Gasteiger partial charge in [0.05, 0.1) is 20.1 Å². The predicted molar refractivity (Wildman–Crippen MR) is 57.5 cm³/mol. The number of rotatable bonds is 4. The molecule has 1 atom stereocenters. The molecule has 16 heavy (non-hydrogen) atoms. The van der Waals surface area contributed by atoms with Crippen molar-refractivity contribution in [1.29, 1.82) is 0 Å². The lowest BCUT2D eigenvalue weighted by Crippen LogP contribution is -2.31. The van der Waals surface area contributed by atoms with Crippen LogP contribution in [0.2, 0.25) is 0 Å². The Balaban J connectivity index is 3.05. The van der Waals surface area contributed by atoms with Crippen LogP contribution in [0.4, 0.5) is 4.39 Å². The fraction of sp³-hybridized carbons (Fsp3) is 0.417. The maximum Gasteiger partial charge on any atom is 0.306 e. The molecule has 0 amide bonds. The Hall–Kier alpha value is -1.42. The molecule has 0 aromatic heterocycles. The fourth-order valence-electron chi connectivity index (χ4n) is 1.58. The molecule has 4 heteroatoms. The van der Waals surface area contributed by atoms with Gasteiger partial charge in [0.1, 0.15) is 5.82 Å². The number of hydrogen-bond acceptors (Lipinski definition) is 3. The van der Waals surface area contributed by atoms with E-state index in [4.69, 9.17) is 0 Å². The third-order valence-corrected chi connectivity index (χ3v) is 2.64. The van der Waals surface area contributed by atoms with Crippen LogP contribution in [0.15, 0.2) is 24.3 Å². The van der Waals surface area contributed by atoms with Gasteiger partial charge in [-0.25, -0.2) is 4.39 Å².